The van der Waals surface area contributed by atoms with Gasteiger partial charge in [0.2, 0.25) is 5.95 Å². The van der Waals surface area contributed by atoms with Crippen molar-refractivity contribution in [2.45, 2.75) is 83.2 Å². The van der Waals surface area contributed by atoms with E-state index >= 15 is 0 Å². The number of nitrogens with one attached hydrogen (secondary N) is 1. The van der Waals surface area contributed by atoms with Gasteiger partial charge >= 0.3 is 5.97 Å². The molecule has 2 saturated heterocycles. The van der Waals surface area contributed by atoms with Crippen molar-refractivity contribution < 1.29 is 9.90 Å². The lowest BCUT2D eigenvalue weighted by molar-refractivity contribution is -0.139. The van der Waals surface area contributed by atoms with Crippen LogP contribution in [0.2, 0.25) is 0 Å². The van der Waals surface area contributed by atoms with Gasteiger partial charge in [-0.1, -0.05) is 68.3 Å². The van der Waals surface area contributed by atoms with Crippen molar-refractivity contribution in [2.24, 2.45) is 11.8 Å². The van der Waals surface area contributed by atoms with Gasteiger partial charge in [0.1, 0.15) is 5.82 Å². The molecule has 4 atom stereocenters. The molecule has 2 aliphatic heterocycles. The molecule has 0 radical (unpaired) electrons. The minimum absolute atomic E-state index is 0.272. The van der Waals surface area contributed by atoms with E-state index < -0.39 is 5.97 Å². The molecule has 8 heteroatoms. The first kappa shape index (κ1) is 29.8. The Kier molecular flexibility index (Phi) is 9.43. The van der Waals surface area contributed by atoms with E-state index in [1.54, 1.807) is 0 Å². The molecule has 0 spiro atoms. The number of H-pyrrole nitrogens is 1. The zero-order chi connectivity index (χ0) is 29.8. The van der Waals surface area contributed by atoms with E-state index in [1.807, 2.05) is 6.92 Å². The van der Waals surface area contributed by atoms with Gasteiger partial charge in [0.05, 0.1) is 0 Å². The second kappa shape index (κ2) is 13.6. The second-order valence-corrected chi connectivity index (χ2v) is 13.0. The summed E-state index contributed by atoms with van der Waals surface area (Å²) in [6, 6.07) is 20.5. The van der Waals surface area contributed by atoms with Gasteiger partial charge in [0.25, 0.3) is 0 Å². The minimum Gasteiger partial charge on any atom is -0.481 e. The second-order valence-electron chi connectivity index (χ2n) is 13.0. The number of likely N-dealkylation sites (tertiary alicyclic amines) is 2. The van der Waals surface area contributed by atoms with Crippen LogP contribution in [0.1, 0.15) is 74.7 Å². The molecule has 3 aliphatic rings. The third kappa shape index (κ3) is 6.80. The number of nitrogens with zero attached hydrogens (tertiary/aromatic N) is 5. The van der Waals surface area contributed by atoms with Crippen LogP contribution in [0.3, 0.4) is 0 Å². The molecule has 8 nitrogen and oxygen atoms in total. The molecule has 2 N–H and O–H groups in total. The molecule has 1 aliphatic carbocycles. The van der Waals surface area contributed by atoms with Crippen LogP contribution in [0.5, 0.6) is 0 Å². The molecule has 230 valence electrons. The first-order valence-electron chi connectivity index (χ1n) is 16.5. The number of carboxylic acids is 1. The molecule has 43 heavy (non-hydrogen) atoms. The third-order valence-corrected chi connectivity index (χ3v) is 10.3. The highest BCUT2D eigenvalue weighted by molar-refractivity contribution is 5.67. The van der Waals surface area contributed by atoms with Gasteiger partial charge in [-0.3, -0.25) is 14.8 Å². The first-order valence-corrected chi connectivity index (χ1v) is 16.5. The normalized spacial score (nSPS) is 25.6. The molecule has 2 aromatic carbocycles. The van der Waals surface area contributed by atoms with Crippen molar-refractivity contribution in [3.63, 3.8) is 0 Å². The van der Waals surface area contributed by atoms with Gasteiger partial charge in [-0.15, -0.1) is 5.10 Å². The molecule has 3 heterocycles. The van der Waals surface area contributed by atoms with Gasteiger partial charge in [0, 0.05) is 62.8 Å². The predicted molar refractivity (Wildman–Crippen MR) is 171 cm³/mol. The van der Waals surface area contributed by atoms with Crippen LogP contribution < -0.4 is 4.90 Å². The summed E-state index contributed by atoms with van der Waals surface area (Å²) < 4.78 is 0. The number of rotatable bonds is 10. The van der Waals surface area contributed by atoms with Crippen molar-refractivity contribution in [1.29, 1.82) is 0 Å². The van der Waals surface area contributed by atoms with Crippen molar-refractivity contribution in [2.75, 3.05) is 37.6 Å². The summed E-state index contributed by atoms with van der Waals surface area (Å²) in [4.78, 5) is 24.2. The number of hydrogen-bond donors (Lipinski definition) is 2. The van der Waals surface area contributed by atoms with Crippen molar-refractivity contribution in [3.8, 4) is 0 Å². The quantitative estimate of drug-likeness (QED) is 0.301. The molecule has 1 unspecified atom stereocenters. The number of para-hydroxylation sites is 1. The molecule has 3 aromatic rings. The van der Waals surface area contributed by atoms with Crippen molar-refractivity contribution in [1.82, 2.24) is 25.0 Å². The Morgan fingerprint density at radius 2 is 1.72 bits per heavy atom. The Bertz CT molecular complexity index is 1340. The highest BCUT2D eigenvalue weighted by atomic mass is 16.4. The minimum atomic E-state index is -0.647. The van der Waals surface area contributed by atoms with E-state index in [-0.39, 0.29) is 5.92 Å². The monoisotopic (exact) mass is 584 g/mol. The van der Waals surface area contributed by atoms with E-state index in [9.17, 15) is 9.90 Å². The molecule has 1 aromatic heterocycles. The average molecular weight is 585 g/mol. The van der Waals surface area contributed by atoms with Crippen LogP contribution in [0.25, 0.3) is 0 Å². The molecular weight excluding hydrogens is 536 g/mol. The van der Waals surface area contributed by atoms with Gasteiger partial charge in [-0.05, 0) is 68.1 Å². The third-order valence-electron chi connectivity index (χ3n) is 10.3. The van der Waals surface area contributed by atoms with E-state index in [2.05, 4.69) is 86.4 Å². The van der Waals surface area contributed by atoms with Gasteiger partial charge in [-0.2, -0.15) is 4.98 Å². The number of carbonyl (C=O) groups is 1. The molecule has 3 fully saturated rings. The number of carboxylic acid groups (broad SMARTS) is 1. The highest BCUT2D eigenvalue weighted by Crippen LogP contribution is 2.40. The van der Waals surface area contributed by atoms with E-state index in [4.69, 9.17) is 4.98 Å². The summed E-state index contributed by atoms with van der Waals surface area (Å²) in [5.74, 6) is 2.26. The Labute approximate surface area is 256 Å². The fraction of sp³-hybridized carbons (Fsp3) is 0.571. The largest absolute Gasteiger partial charge is 0.481 e. The van der Waals surface area contributed by atoms with Gasteiger partial charge < -0.3 is 14.9 Å². The number of piperidine rings is 1. The van der Waals surface area contributed by atoms with E-state index in [1.165, 1.54) is 23.2 Å². The maximum Gasteiger partial charge on any atom is 0.303 e. The van der Waals surface area contributed by atoms with E-state index in [0.717, 1.165) is 83.0 Å². The summed E-state index contributed by atoms with van der Waals surface area (Å²) in [5, 5.41) is 17.3. The summed E-state index contributed by atoms with van der Waals surface area (Å²) in [6.07, 6.45) is 7.98. The number of aromatic amines is 1. The Hall–Kier alpha value is -3.23. The summed E-state index contributed by atoms with van der Waals surface area (Å²) >= 11 is 0. The average Bonchev–Trinajstić information content (AvgIpc) is 3.65. The summed E-state index contributed by atoms with van der Waals surface area (Å²) in [5.41, 5.74) is 3.98. The maximum absolute atomic E-state index is 11.7. The number of hydrogen-bond acceptors (Lipinski definition) is 6. The fourth-order valence-corrected chi connectivity index (χ4v) is 8.21. The van der Waals surface area contributed by atoms with Crippen LogP contribution in [-0.4, -0.2) is 80.9 Å². The fourth-order valence-electron chi connectivity index (χ4n) is 8.21. The lowest BCUT2D eigenvalue weighted by Crippen LogP contribution is -2.46. The van der Waals surface area contributed by atoms with Crippen LogP contribution in [0.15, 0.2) is 54.6 Å². The smallest absolute Gasteiger partial charge is 0.303 e. The zero-order valence-corrected chi connectivity index (χ0v) is 25.9. The van der Waals surface area contributed by atoms with E-state index in [0.29, 0.717) is 30.3 Å². The highest BCUT2D eigenvalue weighted by Gasteiger charge is 2.41. The first-order chi connectivity index (χ1) is 21.0. The molecular formula is C35H48N6O2. The standard InChI is InChI=1S/C35H48N6O2/c1-3-26-11-7-10-16-33(26)41(35-36-25(2)37-38-35)30-17-19-39(20-18-30)22-29-23-40(24-31(29)27-12-5-4-6-13-27)32-15-9-8-14-28(32)21-34(42)43/h4-7,10-13,16,28-32H,3,8-9,14-15,17-24H2,1-2H3,(H,42,43)(H,36,37,38)/t28?,29-,31+,32+/m0/s1. The predicted octanol–water partition coefficient (Wildman–Crippen LogP) is 6.03. The molecule has 0 amide bonds. The zero-order valence-electron chi connectivity index (χ0n) is 25.9. The molecule has 6 rings (SSSR count). The topological polar surface area (TPSA) is 88.6 Å². The maximum atomic E-state index is 11.7. The van der Waals surface area contributed by atoms with Crippen LogP contribution in [0, 0.1) is 18.8 Å². The SMILES string of the molecule is CCc1ccccc1N(c1n[nH]c(C)n1)C1CCN(C[C@H]2CN([C@@H]3CCCCC3CC(=O)O)C[C@@H]2c2ccccc2)CC1. The van der Waals surface area contributed by atoms with Gasteiger partial charge in [-0.25, -0.2) is 0 Å². The number of benzene rings is 2. The summed E-state index contributed by atoms with van der Waals surface area (Å²) in [7, 11) is 0. The number of aromatic nitrogens is 3. The Balaban J connectivity index is 1.16. The lowest BCUT2D eigenvalue weighted by atomic mass is 9.81. The molecule has 0 bridgehead atoms. The summed E-state index contributed by atoms with van der Waals surface area (Å²) in [6.45, 7) is 9.49. The molecule has 1 saturated carbocycles. The van der Waals surface area contributed by atoms with Gasteiger partial charge in [0.15, 0.2) is 0 Å². The van der Waals surface area contributed by atoms with Crippen molar-refractivity contribution >= 4 is 17.6 Å². The Morgan fingerprint density at radius 1 is 0.977 bits per heavy atom. The Morgan fingerprint density at radius 3 is 2.44 bits per heavy atom. The lowest BCUT2D eigenvalue weighted by Gasteiger charge is -2.40. The number of aliphatic carboxylic acids is 1. The number of aryl methyl sites for hydroxylation is 2. The van der Waals surface area contributed by atoms with Crippen LogP contribution in [-0.2, 0) is 11.2 Å². The van der Waals surface area contributed by atoms with Crippen LogP contribution >= 0.6 is 0 Å². The van der Waals surface area contributed by atoms with Crippen molar-refractivity contribution in [3.05, 3.63) is 71.5 Å². The van der Waals surface area contributed by atoms with Crippen LogP contribution in [0.4, 0.5) is 11.6 Å². The number of anilines is 2.